The number of carbonyl (C=O) groups is 1. The van der Waals surface area contributed by atoms with Crippen molar-refractivity contribution in [2.75, 3.05) is 5.32 Å². The normalized spacial score (nSPS) is 11.0. The van der Waals surface area contributed by atoms with Gasteiger partial charge in [-0.05, 0) is 44.5 Å². The number of anilines is 1. The molecule has 0 bridgehead atoms. The molecule has 2 amide bonds. The number of urea groups is 1. The summed E-state index contributed by atoms with van der Waals surface area (Å²) in [7, 11) is 0. The number of nitrogens with zero attached hydrogens (tertiary/aromatic N) is 2. The minimum absolute atomic E-state index is 0.0153. The molecule has 0 spiro atoms. The van der Waals surface area contributed by atoms with Gasteiger partial charge in [0.25, 0.3) is 0 Å². The average molecular weight is 368 g/mol. The zero-order valence-electron chi connectivity index (χ0n) is 15.2. The number of pyridine rings is 1. The number of carbonyl (C=O) groups excluding carboxylic acids is 1. The summed E-state index contributed by atoms with van der Waals surface area (Å²) in [6, 6.07) is 17.4. The van der Waals surface area contributed by atoms with Crippen molar-refractivity contribution in [2.45, 2.75) is 33.4 Å². The quantitative estimate of drug-likeness (QED) is 0.606. The highest BCUT2D eigenvalue weighted by Gasteiger charge is 2.20. The van der Waals surface area contributed by atoms with Gasteiger partial charge in [-0.15, -0.1) is 0 Å². The van der Waals surface area contributed by atoms with E-state index in [2.05, 4.69) is 10.3 Å². The third-order valence-electron chi connectivity index (χ3n) is 4.36. The topological polar surface area (TPSA) is 45.2 Å². The van der Waals surface area contributed by atoms with E-state index in [-0.39, 0.29) is 12.1 Å². The zero-order valence-corrected chi connectivity index (χ0v) is 15.9. The lowest BCUT2D eigenvalue weighted by Crippen LogP contribution is -2.39. The Balaban J connectivity index is 1.86. The molecule has 0 saturated carbocycles. The molecule has 0 radical (unpaired) electrons. The van der Waals surface area contributed by atoms with Crippen LogP contribution < -0.4 is 5.32 Å². The largest absolute Gasteiger partial charge is 0.322 e. The molecule has 134 valence electrons. The van der Waals surface area contributed by atoms with E-state index in [1.165, 1.54) is 0 Å². The summed E-state index contributed by atoms with van der Waals surface area (Å²) in [4.78, 5) is 19.0. The summed E-state index contributed by atoms with van der Waals surface area (Å²) in [5.41, 5.74) is 3.52. The number of hydrogen-bond acceptors (Lipinski definition) is 2. The number of fused-ring (bicyclic) bond motifs is 1. The molecule has 0 atom stereocenters. The van der Waals surface area contributed by atoms with Gasteiger partial charge >= 0.3 is 6.03 Å². The van der Waals surface area contributed by atoms with Crippen LogP contribution in [-0.2, 0) is 6.54 Å². The number of aromatic nitrogens is 1. The van der Waals surface area contributed by atoms with Gasteiger partial charge in [0.2, 0.25) is 0 Å². The van der Waals surface area contributed by atoms with E-state index in [4.69, 9.17) is 11.6 Å². The van der Waals surface area contributed by atoms with Crippen molar-refractivity contribution in [1.82, 2.24) is 9.88 Å². The van der Waals surface area contributed by atoms with Crippen LogP contribution in [0.4, 0.5) is 10.5 Å². The Labute approximate surface area is 158 Å². The Hall–Kier alpha value is -2.59. The Morgan fingerprint density at radius 3 is 2.58 bits per heavy atom. The van der Waals surface area contributed by atoms with E-state index in [9.17, 15) is 4.79 Å². The van der Waals surface area contributed by atoms with Crippen LogP contribution >= 0.6 is 11.6 Å². The molecule has 26 heavy (non-hydrogen) atoms. The van der Waals surface area contributed by atoms with Gasteiger partial charge in [-0.3, -0.25) is 0 Å². The standard InChI is InChI=1S/C21H22ClN3O/c1-14(2)25(21(26)24-18-10-6-4-8-15(18)3)13-17-12-16-9-5-7-11-19(16)23-20(17)22/h4-12,14H,13H2,1-3H3,(H,24,26). The number of para-hydroxylation sites is 2. The van der Waals surface area contributed by atoms with E-state index in [0.717, 1.165) is 27.7 Å². The highest BCUT2D eigenvalue weighted by atomic mass is 35.5. The van der Waals surface area contributed by atoms with Gasteiger partial charge in [0.1, 0.15) is 5.15 Å². The number of hydrogen-bond donors (Lipinski definition) is 1. The summed E-state index contributed by atoms with van der Waals surface area (Å²) < 4.78 is 0. The van der Waals surface area contributed by atoms with Crippen LogP contribution in [0.25, 0.3) is 10.9 Å². The highest BCUT2D eigenvalue weighted by molar-refractivity contribution is 6.30. The van der Waals surface area contributed by atoms with Crippen molar-refractivity contribution in [1.29, 1.82) is 0 Å². The van der Waals surface area contributed by atoms with Crippen LogP contribution in [0.3, 0.4) is 0 Å². The number of benzene rings is 2. The zero-order chi connectivity index (χ0) is 18.7. The molecule has 0 unspecified atom stereocenters. The van der Waals surface area contributed by atoms with Crippen LogP contribution in [0.2, 0.25) is 5.15 Å². The average Bonchev–Trinajstić information content (AvgIpc) is 2.61. The maximum Gasteiger partial charge on any atom is 0.322 e. The third kappa shape index (κ3) is 3.97. The molecular weight excluding hydrogens is 346 g/mol. The summed E-state index contributed by atoms with van der Waals surface area (Å²) in [6.07, 6.45) is 0. The van der Waals surface area contributed by atoms with Gasteiger partial charge < -0.3 is 10.2 Å². The fraction of sp³-hybridized carbons (Fsp3) is 0.238. The van der Waals surface area contributed by atoms with Gasteiger partial charge in [-0.2, -0.15) is 0 Å². The molecule has 1 N–H and O–H groups in total. The van der Waals surface area contributed by atoms with Crippen molar-refractivity contribution in [2.24, 2.45) is 0 Å². The maximum atomic E-state index is 12.8. The van der Waals surface area contributed by atoms with Gasteiger partial charge in [0.15, 0.2) is 0 Å². The summed E-state index contributed by atoms with van der Waals surface area (Å²) in [5.74, 6) is 0. The maximum absolute atomic E-state index is 12.8. The van der Waals surface area contributed by atoms with Crippen molar-refractivity contribution in [3.05, 3.63) is 70.9 Å². The second-order valence-corrected chi connectivity index (χ2v) is 6.96. The molecule has 0 aliphatic rings. The lowest BCUT2D eigenvalue weighted by Gasteiger charge is -2.27. The van der Waals surface area contributed by atoms with Gasteiger partial charge in [0, 0.05) is 22.7 Å². The van der Waals surface area contributed by atoms with Gasteiger partial charge in [0.05, 0.1) is 12.1 Å². The van der Waals surface area contributed by atoms with E-state index in [1.54, 1.807) is 4.90 Å². The predicted molar refractivity (Wildman–Crippen MR) is 108 cm³/mol. The molecule has 1 heterocycles. The second kappa shape index (κ2) is 7.75. The van der Waals surface area contributed by atoms with E-state index in [0.29, 0.717) is 11.7 Å². The number of aryl methyl sites for hydroxylation is 1. The fourth-order valence-corrected chi connectivity index (χ4v) is 3.03. The molecule has 3 aromatic rings. The first-order chi connectivity index (χ1) is 12.5. The minimum Gasteiger partial charge on any atom is -0.318 e. The summed E-state index contributed by atoms with van der Waals surface area (Å²) in [5, 5.41) is 4.43. The lowest BCUT2D eigenvalue weighted by atomic mass is 10.1. The molecule has 1 aromatic heterocycles. The molecule has 0 fully saturated rings. The van der Waals surface area contributed by atoms with Gasteiger partial charge in [-0.25, -0.2) is 9.78 Å². The Morgan fingerprint density at radius 1 is 1.15 bits per heavy atom. The molecule has 2 aromatic carbocycles. The monoisotopic (exact) mass is 367 g/mol. The first-order valence-corrected chi connectivity index (χ1v) is 9.01. The first-order valence-electron chi connectivity index (χ1n) is 8.63. The molecule has 3 rings (SSSR count). The molecule has 0 aliphatic heterocycles. The fourth-order valence-electron chi connectivity index (χ4n) is 2.82. The van der Waals surface area contributed by atoms with Crippen molar-refractivity contribution >= 4 is 34.2 Å². The predicted octanol–water partition coefficient (Wildman–Crippen LogP) is 5.64. The van der Waals surface area contributed by atoms with Crippen molar-refractivity contribution < 1.29 is 4.79 Å². The number of rotatable bonds is 4. The Kier molecular flexibility index (Phi) is 5.43. The molecule has 4 nitrogen and oxygen atoms in total. The van der Waals surface area contributed by atoms with Crippen molar-refractivity contribution in [3.63, 3.8) is 0 Å². The molecular formula is C21H22ClN3O. The number of halogens is 1. The summed E-state index contributed by atoms with van der Waals surface area (Å²) in [6.45, 7) is 6.34. The van der Waals surface area contributed by atoms with E-state index >= 15 is 0 Å². The first kappa shape index (κ1) is 18.2. The van der Waals surface area contributed by atoms with Crippen LogP contribution in [-0.4, -0.2) is 22.0 Å². The molecule has 0 aliphatic carbocycles. The van der Waals surface area contributed by atoms with Crippen LogP contribution in [0.1, 0.15) is 25.0 Å². The smallest absolute Gasteiger partial charge is 0.318 e. The van der Waals surface area contributed by atoms with Crippen LogP contribution in [0, 0.1) is 6.92 Å². The third-order valence-corrected chi connectivity index (χ3v) is 4.69. The van der Waals surface area contributed by atoms with Gasteiger partial charge in [-0.1, -0.05) is 48.0 Å². The number of nitrogens with one attached hydrogen (secondary N) is 1. The highest BCUT2D eigenvalue weighted by Crippen LogP contribution is 2.23. The van der Waals surface area contributed by atoms with Crippen LogP contribution in [0.5, 0.6) is 0 Å². The summed E-state index contributed by atoms with van der Waals surface area (Å²) >= 11 is 6.37. The van der Waals surface area contributed by atoms with Crippen LogP contribution in [0.15, 0.2) is 54.6 Å². The minimum atomic E-state index is -0.154. The Bertz CT molecular complexity index is 939. The molecule has 0 saturated heterocycles. The second-order valence-electron chi connectivity index (χ2n) is 6.60. The SMILES string of the molecule is Cc1ccccc1NC(=O)N(Cc1cc2ccccc2nc1Cl)C(C)C. The van der Waals surface area contributed by atoms with E-state index < -0.39 is 0 Å². The van der Waals surface area contributed by atoms with Crippen molar-refractivity contribution in [3.8, 4) is 0 Å². The Morgan fingerprint density at radius 2 is 1.85 bits per heavy atom. The lowest BCUT2D eigenvalue weighted by molar-refractivity contribution is 0.193. The number of amides is 2. The molecule has 5 heteroatoms. The van der Waals surface area contributed by atoms with E-state index in [1.807, 2.05) is 75.4 Å².